The first-order valence-corrected chi connectivity index (χ1v) is 7.99. The first-order valence-electron chi connectivity index (χ1n) is 7.99. The van der Waals surface area contributed by atoms with Crippen LogP contribution in [-0.2, 0) is 11.2 Å². The third-order valence-corrected chi connectivity index (χ3v) is 3.77. The summed E-state index contributed by atoms with van der Waals surface area (Å²) in [6.07, 6.45) is 2.60. The smallest absolute Gasteiger partial charge is 0.230 e. The second-order valence-corrected chi connectivity index (χ2v) is 5.70. The molecule has 0 bridgehead atoms. The van der Waals surface area contributed by atoms with Crippen molar-refractivity contribution in [3.8, 4) is 0 Å². The number of amides is 1. The van der Waals surface area contributed by atoms with Crippen molar-refractivity contribution in [2.75, 3.05) is 23.8 Å². The van der Waals surface area contributed by atoms with Crippen LogP contribution in [0.15, 0.2) is 36.4 Å². The molecule has 0 aliphatic rings. The van der Waals surface area contributed by atoms with E-state index in [1.807, 2.05) is 44.3 Å². The van der Waals surface area contributed by atoms with Gasteiger partial charge in [0.25, 0.3) is 0 Å². The molecule has 122 valence electrons. The Kier molecular flexibility index (Phi) is 6.09. The fourth-order valence-electron chi connectivity index (χ4n) is 2.27. The van der Waals surface area contributed by atoms with Crippen molar-refractivity contribution in [3.05, 3.63) is 47.5 Å². The average Bonchev–Trinajstić information content (AvgIpc) is 2.55. The molecule has 0 saturated heterocycles. The molecule has 0 atom stereocenters. The van der Waals surface area contributed by atoms with Crippen LogP contribution in [0.25, 0.3) is 0 Å². The molecule has 2 rings (SSSR count). The van der Waals surface area contributed by atoms with Gasteiger partial charge in [-0.3, -0.25) is 4.79 Å². The predicted octanol–water partition coefficient (Wildman–Crippen LogP) is 3.20. The fraction of sp³-hybridized carbons (Fsp3) is 0.389. The maximum atomic E-state index is 12.1. The summed E-state index contributed by atoms with van der Waals surface area (Å²) in [6.45, 7) is 5.11. The molecule has 0 fully saturated rings. The van der Waals surface area contributed by atoms with Crippen LogP contribution in [-0.4, -0.2) is 29.7 Å². The van der Waals surface area contributed by atoms with Gasteiger partial charge in [-0.05, 0) is 36.6 Å². The van der Waals surface area contributed by atoms with Gasteiger partial charge >= 0.3 is 0 Å². The van der Waals surface area contributed by atoms with Crippen LogP contribution >= 0.6 is 0 Å². The zero-order chi connectivity index (χ0) is 16.7. The van der Waals surface area contributed by atoms with Crippen LogP contribution in [0.5, 0.6) is 0 Å². The lowest BCUT2D eigenvalue weighted by Crippen LogP contribution is -2.21. The molecule has 1 N–H and O–H groups in total. The summed E-state index contributed by atoms with van der Waals surface area (Å²) < 4.78 is 0. The van der Waals surface area contributed by atoms with E-state index >= 15 is 0 Å². The number of benzene rings is 1. The van der Waals surface area contributed by atoms with E-state index in [0.717, 1.165) is 36.3 Å². The number of carbonyl (C=O) groups is 1. The van der Waals surface area contributed by atoms with E-state index in [4.69, 9.17) is 0 Å². The third-order valence-electron chi connectivity index (χ3n) is 3.77. The molecule has 1 heterocycles. The van der Waals surface area contributed by atoms with Gasteiger partial charge in [0.2, 0.25) is 5.91 Å². The Bertz CT molecular complexity index is 640. The van der Waals surface area contributed by atoms with Crippen molar-refractivity contribution in [2.45, 2.75) is 33.1 Å². The van der Waals surface area contributed by atoms with Gasteiger partial charge in [0.1, 0.15) is 0 Å². The maximum Gasteiger partial charge on any atom is 0.230 e. The normalized spacial score (nSPS) is 10.4. The molecule has 0 aliphatic carbocycles. The van der Waals surface area contributed by atoms with E-state index < -0.39 is 0 Å². The van der Waals surface area contributed by atoms with E-state index in [1.54, 1.807) is 6.07 Å². The standard InChI is InChI=1S/C18H24N4O/c1-4-5-12-22(3)17-11-10-16(20-21-17)19-18(23)13-15-9-7-6-8-14(15)2/h6-11H,4-5,12-13H2,1-3H3,(H,19,20,23). The second-order valence-electron chi connectivity index (χ2n) is 5.70. The highest BCUT2D eigenvalue weighted by molar-refractivity contribution is 5.91. The Labute approximate surface area is 137 Å². The number of aromatic nitrogens is 2. The van der Waals surface area contributed by atoms with Gasteiger partial charge in [-0.2, -0.15) is 0 Å². The molecule has 1 amide bonds. The van der Waals surface area contributed by atoms with E-state index in [2.05, 4.69) is 27.3 Å². The van der Waals surface area contributed by atoms with E-state index in [0.29, 0.717) is 12.2 Å². The number of hydrogen-bond donors (Lipinski definition) is 1. The highest BCUT2D eigenvalue weighted by Crippen LogP contribution is 2.12. The number of rotatable bonds is 7. The first-order chi connectivity index (χ1) is 11.1. The van der Waals surface area contributed by atoms with Crippen molar-refractivity contribution in [1.29, 1.82) is 0 Å². The van der Waals surface area contributed by atoms with Gasteiger partial charge in [0, 0.05) is 13.6 Å². The highest BCUT2D eigenvalue weighted by atomic mass is 16.1. The summed E-state index contributed by atoms with van der Waals surface area (Å²) in [5.74, 6) is 1.22. The number of hydrogen-bond acceptors (Lipinski definition) is 4. The zero-order valence-corrected chi connectivity index (χ0v) is 14.0. The Hall–Kier alpha value is -2.43. The average molecular weight is 312 g/mol. The summed E-state index contributed by atoms with van der Waals surface area (Å²) in [4.78, 5) is 14.2. The van der Waals surface area contributed by atoms with Crippen LogP contribution in [0.4, 0.5) is 11.6 Å². The quantitative estimate of drug-likeness (QED) is 0.853. The minimum absolute atomic E-state index is 0.0827. The number of nitrogens with zero attached hydrogens (tertiary/aromatic N) is 3. The summed E-state index contributed by atoms with van der Waals surface area (Å²) in [7, 11) is 2.00. The van der Waals surface area contributed by atoms with Crippen LogP contribution in [0.2, 0.25) is 0 Å². The minimum Gasteiger partial charge on any atom is -0.358 e. The summed E-state index contributed by atoms with van der Waals surface area (Å²) in [6, 6.07) is 11.6. The summed E-state index contributed by atoms with van der Waals surface area (Å²) >= 11 is 0. The number of nitrogens with one attached hydrogen (secondary N) is 1. The molecule has 23 heavy (non-hydrogen) atoms. The number of unbranched alkanes of at least 4 members (excludes halogenated alkanes) is 1. The maximum absolute atomic E-state index is 12.1. The van der Waals surface area contributed by atoms with Crippen molar-refractivity contribution < 1.29 is 4.79 Å². The first kappa shape index (κ1) is 16.9. The van der Waals surface area contributed by atoms with Crippen LogP contribution in [0, 0.1) is 6.92 Å². The lowest BCUT2D eigenvalue weighted by molar-refractivity contribution is -0.115. The molecule has 0 aliphatic heterocycles. The zero-order valence-electron chi connectivity index (χ0n) is 14.0. The Morgan fingerprint density at radius 3 is 2.61 bits per heavy atom. The van der Waals surface area contributed by atoms with Crippen molar-refractivity contribution in [1.82, 2.24) is 10.2 Å². The highest BCUT2D eigenvalue weighted by Gasteiger charge is 2.08. The molecule has 5 heteroatoms. The number of carbonyl (C=O) groups excluding carboxylic acids is 1. The Balaban J connectivity index is 1.93. The van der Waals surface area contributed by atoms with Gasteiger partial charge in [0.15, 0.2) is 11.6 Å². The molecule has 0 spiro atoms. The SMILES string of the molecule is CCCCN(C)c1ccc(NC(=O)Cc2ccccc2C)nn1. The fourth-order valence-corrected chi connectivity index (χ4v) is 2.27. The third kappa shape index (κ3) is 5.06. The molecule has 0 unspecified atom stereocenters. The molecule has 1 aromatic carbocycles. The van der Waals surface area contributed by atoms with E-state index in [9.17, 15) is 4.79 Å². The molecule has 0 saturated carbocycles. The Morgan fingerprint density at radius 2 is 1.96 bits per heavy atom. The number of aryl methyl sites for hydroxylation is 1. The van der Waals surface area contributed by atoms with Crippen molar-refractivity contribution in [2.24, 2.45) is 0 Å². The topological polar surface area (TPSA) is 58.1 Å². The largest absolute Gasteiger partial charge is 0.358 e. The molecular weight excluding hydrogens is 288 g/mol. The van der Waals surface area contributed by atoms with Crippen LogP contribution < -0.4 is 10.2 Å². The van der Waals surface area contributed by atoms with E-state index in [1.165, 1.54) is 0 Å². The summed E-state index contributed by atoms with van der Waals surface area (Å²) in [5, 5.41) is 11.1. The van der Waals surface area contributed by atoms with Crippen molar-refractivity contribution >= 4 is 17.5 Å². The molecule has 2 aromatic rings. The molecule has 5 nitrogen and oxygen atoms in total. The lowest BCUT2D eigenvalue weighted by Gasteiger charge is -2.17. The van der Waals surface area contributed by atoms with Crippen molar-refractivity contribution in [3.63, 3.8) is 0 Å². The van der Waals surface area contributed by atoms with Gasteiger partial charge in [-0.15, -0.1) is 10.2 Å². The predicted molar refractivity (Wildman–Crippen MR) is 93.7 cm³/mol. The molecular formula is C18H24N4O. The Morgan fingerprint density at radius 1 is 1.17 bits per heavy atom. The van der Waals surface area contributed by atoms with Gasteiger partial charge in [-0.1, -0.05) is 37.6 Å². The lowest BCUT2D eigenvalue weighted by atomic mass is 10.1. The van der Waals surface area contributed by atoms with Gasteiger partial charge in [-0.25, -0.2) is 0 Å². The van der Waals surface area contributed by atoms with Crippen LogP contribution in [0.1, 0.15) is 30.9 Å². The minimum atomic E-state index is -0.0827. The summed E-state index contributed by atoms with van der Waals surface area (Å²) in [5.41, 5.74) is 2.13. The molecule has 0 radical (unpaired) electrons. The van der Waals surface area contributed by atoms with E-state index in [-0.39, 0.29) is 5.91 Å². The van der Waals surface area contributed by atoms with Crippen LogP contribution in [0.3, 0.4) is 0 Å². The van der Waals surface area contributed by atoms with Gasteiger partial charge in [0.05, 0.1) is 6.42 Å². The number of anilines is 2. The monoisotopic (exact) mass is 312 g/mol. The second kappa shape index (κ2) is 8.27. The van der Waals surface area contributed by atoms with Gasteiger partial charge < -0.3 is 10.2 Å². The molecule has 1 aromatic heterocycles.